The Hall–Kier alpha value is -1.08. The molecule has 9 heteroatoms. The number of carbonyl (C=O) groups is 1. The second kappa shape index (κ2) is 7.38. The van der Waals surface area contributed by atoms with Crippen molar-refractivity contribution in [3.05, 3.63) is 11.5 Å². The molecule has 0 aromatic rings. The van der Waals surface area contributed by atoms with E-state index in [4.69, 9.17) is 10.00 Å². The van der Waals surface area contributed by atoms with E-state index in [2.05, 4.69) is 13.8 Å². The normalized spacial score (nSPS) is 22.0. The van der Waals surface area contributed by atoms with Crippen LogP contribution in [0.2, 0.25) is 0 Å². The molecule has 2 unspecified atom stereocenters. The molecule has 3 N–H and O–H groups in total. The number of hydrogen-bond donors (Lipinski definition) is 3. The summed E-state index contributed by atoms with van der Waals surface area (Å²) in [6.45, 7) is 3.72. The van der Waals surface area contributed by atoms with Crippen LogP contribution in [0.5, 0.6) is 0 Å². The van der Waals surface area contributed by atoms with Crippen molar-refractivity contribution in [2.75, 3.05) is 13.7 Å². The van der Waals surface area contributed by atoms with Crippen LogP contribution in [0.1, 0.15) is 20.3 Å². The van der Waals surface area contributed by atoms with Crippen molar-refractivity contribution in [3.8, 4) is 0 Å². The van der Waals surface area contributed by atoms with Gasteiger partial charge in [-0.05, 0) is 0 Å². The van der Waals surface area contributed by atoms with E-state index in [1.165, 1.54) is 0 Å². The number of aliphatic hydroxyl groups is 2. The smallest absolute Gasteiger partial charge is 0.471 e. The van der Waals surface area contributed by atoms with E-state index >= 15 is 0 Å². The van der Waals surface area contributed by atoms with Crippen LogP contribution < -0.4 is 0 Å². The molecule has 0 saturated heterocycles. The topological polar surface area (TPSA) is 123 Å². The van der Waals surface area contributed by atoms with Gasteiger partial charge in [0.25, 0.3) is 0 Å². The molecule has 0 spiro atoms. The van der Waals surface area contributed by atoms with Crippen molar-refractivity contribution in [3.63, 3.8) is 0 Å². The van der Waals surface area contributed by atoms with Crippen molar-refractivity contribution < 1.29 is 38.3 Å². The summed E-state index contributed by atoms with van der Waals surface area (Å²) in [6.07, 6.45) is -1.14. The zero-order valence-electron chi connectivity index (χ0n) is 10.3. The Morgan fingerprint density at radius 3 is 2.33 bits per heavy atom. The minimum atomic E-state index is -4.08. The fraction of sp³-hybridized carbons (Fsp3) is 0.667. The van der Waals surface area contributed by atoms with Crippen molar-refractivity contribution >= 4 is 13.8 Å². The number of cyclic esters (lactones) is 1. The summed E-state index contributed by atoms with van der Waals surface area (Å²) >= 11 is 0. The number of carbonyl (C=O) groups excluding carboxylic acids is 1. The Kier molecular flexibility index (Phi) is 6.93. The Morgan fingerprint density at radius 1 is 1.39 bits per heavy atom. The maximum atomic E-state index is 10.8. The molecule has 0 bridgehead atoms. The predicted octanol–water partition coefficient (Wildman–Crippen LogP) is 1.42. The monoisotopic (exact) mass is 284 g/mol. The Labute approximate surface area is 104 Å². The second-order valence-electron chi connectivity index (χ2n) is 2.90. The molecule has 0 fully saturated rings. The molecule has 18 heavy (non-hydrogen) atoms. The van der Waals surface area contributed by atoms with E-state index in [0.717, 1.165) is 7.11 Å². The summed E-state index contributed by atoms with van der Waals surface area (Å²) in [6, 6.07) is 0. The van der Waals surface area contributed by atoms with Gasteiger partial charge in [0.2, 0.25) is 5.76 Å². The molecule has 0 aromatic carbocycles. The first kappa shape index (κ1) is 16.9. The van der Waals surface area contributed by atoms with Gasteiger partial charge in [0.15, 0.2) is 11.9 Å². The molecule has 0 amide bonds. The van der Waals surface area contributed by atoms with Crippen LogP contribution in [0.15, 0.2) is 11.5 Å². The van der Waals surface area contributed by atoms with Crippen LogP contribution in [0, 0.1) is 0 Å². The van der Waals surface area contributed by atoms with Crippen molar-refractivity contribution in [1.82, 2.24) is 0 Å². The highest BCUT2D eigenvalue weighted by Gasteiger charge is 2.34. The van der Waals surface area contributed by atoms with Gasteiger partial charge in [-0.3, -0.25) is 9.05 Å². The first-order valence-corrected chi connectivity index (χ1v) is 6.73. The highest BCUT2D eigenvalue weighted by atomic mass is 31.2. The summed E-state index contributed by atoms with van der Waals surface area (Å²) in [5.41, 5.74) is 0. The minimum absolute atomic E-state index is 0.0739. The standard InChI is InChI=1S/C7H11O8P.C2H6/c1-13-16(11,12)14-3-2-4-5(8)6(9)7(10)15-4;1-2/h4,8-9H,2-3H2,1H3,(H,11,12);1-2H3. The first-order valence-electron chi connectivity index (χ1n) is 5.23. The zero-order valence-corrected chi connectivity index (χ0v) is 11.2. The predicted molar refractivity (Wildman–Crippen MR) is 60.9 cm³/mol. The number of ether oxygens (including phenoxy) is 1. The third kappa shape index (κ3) is 4.66. The Morgan fingerprint density at radius 2 is 1.94 bits per heavy atom. The number of phosphoric acid groups is 1. The maximum Gasteiger partial charge on any atom is 0.471 e. The summed E-state index contributed by atoms with van der Waals surface area (Å²) in [4.78, 5) is 19.6. The second-order valence-corrected chi connectivity index (χ2v) is 4.46. The van der Waals surface area contributed by atoms with Crippen molar-refractivity contribution in [2.24, 2.45) is 0 Å². The van der Waals surface area contributed by atoms with Crippen LogP contribution in [-0.4, -0.2) is 40.9 Å². The van der Waals surface area contributed by atoms with E-state index < -0.39 is 31.4 Å². The molecule has 1 aliphatic rings. The van der Waals surface area contributed by atoms with Crippen LogP contribution >= 0.6 is 7.82 Å². The lowest BCUT2D eigenvalue weighted by atomic mass is 10.2. The summed E-state index contributed by atoms with van der Waals surface area (Å²) < 4.78 is 23.9. The van der Waals surface area contributed by atoms with Gasteiger partial charge in [-0.15, -0.1) is 0 Å². The molecule has 2 atom stereocenters. The highest BCUT2D eigenvalue weighted by molar-refractivity contribution is 7.47. The Balaban J connectivity index is 0.00000137. The average Bonchev–Trinajstić information content (AvgIpc) is 2.59. The van der Waals surface area contributed by atoms with E-state index in [-0.39, 0.29) is 13.0 Å². The van der Waals surface area contributed by atoms with Gasteiger partial charge in [-0.2, -0.15) is 0 Å². The Bertz CT molecular complexity index is 364. The van der Waals surface area contributed by atoms with Gasteiger partial charge in [0.1, 0.15) is 0 Å². The van der Waals surface area contributed by atoms with E-state index in [0.29, 0.717) is 0 Å². The van der Waals surface area contributed by atoms with Crippen LogP contribution in [0.3, 0.4) is 0 Å². The molecular weight excluding hydrogens is 267 g/mol. The van der Waals surface area contributed by atoms with Gasteiger partial charge in [-0.25, -0.2) is 9.36 Å². The van der Waals surface area contributed by atoms with Crippen molar-refractivity contribution in [2.45, 2.75) is 26.4 Å². The number of rotatable bonds is 5. The first-order chi connectivity index (χ1) is 8.37. The quantitative estimate of drug-likeness (QED) is 0.511. The number of esters is 1. The van der Waals surface area contributed by atoms with Gasteiger partial charge in [0, 0.05) is 13.5 Å². The fourth-order valence-corrected chi connectivity index (χ4v) is 1.46. The van der Waals surface area contributed by atoms with E-state index in [9.17, 15) is 14.5 Å². The molecule has 0 saturated carbocycles. The van der Waals surface area contributed by atoms with E-state index in [1.807, 2.05) is 13.8 Å². The number of hydrogen-bond acceptors (Lipinski definition) is 7. The molecule has 0 aliphatic carbocycles. The SMILES string of the molecule is CC.COP(=O)(O)OCCC1OC(=O)C(O)=C1O. The van der Waals surface area contributed by atoms with E-state index in [1.54, 1.807) is 0 Å². The lowest BCUT2D eigenvalue weighted by molar-refractivity contribution is -0.142. The third-order valence-corrected chi connectivity index (χ3v) is 2.83. The molecule has 0 aromatic heterocycles. The molecule has 1 rings (SSSR count). The lowest BCUT2D eigenvalue weighted by Gasteiger charge is -2.12. The summed E-state index contributed by atoms with van der Waals surface area (Å²) in [5.74, 6) is -2.51. The molecule has 0 radical (unpaired) electrons. The van der Waals surface area contributed by atoms with Gasteiger partial charge in [-0.1, -0.05) is 13.8 Å². The number of aliphatic hydroxyl groups excluding tert-OH is 2. The molecule has 106 valence electrons. The third-order valence-electron chi connectivity index (χ3n) is 1.86. The fourth-order valence-electron chi connectivity index (χ4n) is 1.02. The van der Waals surface area contributed by atoms with Gasteiger partial charge in [0.05, 0.1) is 6.61 Å². The maximum absolute atomic E-state index is 10.8. The van der Waals surface area contributed by atoms with Crippen LogP contribution in [-0.2, 0) is 23.1 Å². The zero-order chi connectivity index (χ0) is 14.3. The van der Waals surface area contributed by atoms with Gasteiger partial charge >= 0.3 is 13.8 Å². The molecule has 1 heterocycles. The lowest BCUT2D eigenvalue weighted by Crippen LogP contribution is -2.14. The summed E-state index contributed by atoms with van der Waals surface area (Å²) in [5, 5.41) is 18.1. The number of phosphoric ester groups is 1. The van der Waals surface area contributed by atoms with Crippen molar-refractivity contribution in [1.29, 1.82) is 0 Å². The van der Waals surface area contributed by atoms with Crippen LogP contribution in [0.4, 0.5) is 0 Å². The molecule has 1 aliphatic heterocycles. The van der Waals surface area contributed by atoms with Gasteiger partial charge < -0.3 is 19.8 Å². The largest absolute Gasteiger partial charge is 0.505 e. The highest BCUT2D eigenvalue weighted by Crippen LogP contribution is 2.42. The summed E-state index contributed by atoms with van der Waals surface area (Å²) in [7, 11) is -3.08. The molecule has 8 nitrogen and oxygen atoms in total. The minimum Gasteiger partial charge on any atom is -0.505 e. The van der Waals surface area contributed by atoms with Crippen LogP contribution in [0.25, 0.3) is 0 Å². The molecular formula is C9H17O8P. The average molecular weight is 284 g/mol.